The van der Waals surface area contributed by atoms with Crippen molar-refractivity contribution in [2.24, 2.45) is 0 Å². The summed E-state index contributed by atoms with van der Waals surface area (Å²) in [5.41, 5.74) is 1.76. The van der Waals surface area contributed by atoms with Gasteiger partial charge in [-0.15, -0.1) is 11.6 Å². The van der Waals surface area contributed by atoms with Crippen LogP contribution >= 0.6 is 11.6 Å². The molecule has 5 heteroatoms. The van der Waals surface area contributed by atoms with Crippen LogP contribution in [-0.4, -0.2) is 18.1 Å². The summed E-state index contributed by atoms with van der Waals surface area (Å²) in [4.78, 5) is 12.1. The molecule has 0 spiro atoms. The fourth-order valence-corrected chi connectivity index (χ4v) is 1.88. The molecule has 1 amide bonds. The van der Waals surface area contributed by atoms with Gasteiger partial charge in [-0.2, -0.15) is 0 Å². The highest BCUT2D eigenvalue weighted by molar-refractivity contribution is 6.17. The number of carbonyl (C=O) groups excluding carboxylic acids is 1. The van der Waals surface area contributed by atoms with Crippen molar-refractivity contribution >= 4 is 23.2 Å². The van der Waals surface area contributed by atoms with E-state index in [1.807, 2.05) is 12.1 Å². The monoisotopic (exact) mass is 291 g/mol. The lowest BCUT2D eigenvalue weighted by Gasteiger charge is -2.09. The van der Waals surface area contributed by atoms with E-state index in [-0.39, 0.29) is 11.3 Å². The summed E-state index contributed by atoms with van der Waals surface area (Å²) in [6, 6.07) is 11.7. The van der Waals surface area contributed by atoms with Crippen LogP contribution in [0.25, 0.3) is 0 Å². The Labute approximate surface area is 122 Å². The number of amides is 1. The zero-order valence-corrected chi connectivity index (χ0v) is 11.6. The van der Waals surface area contributed by atoms with Crippen LogP contribution in [0.2, 0.25) is 0 Å². The first-order valence-electron chi connectivity index (χ1n) is 5.97. The maximum Gasteiger partial charge on any atom is 0.259 e. The lowest BCUT2D eigenvalue weighted by atomic mass is 10.1. The van der Waals surface area contributed by atoms with Gasteiger partial charge in [-0.05, 0) is 35.9 Å². The second kappa shape index (κ2) is 6.30. The molecular formula is C15H14ClNO3. The van der Waals surface area contributed by atoms with E-state index in [2.05, 4.69) is 5.32 Å². The molecule has 0 radical (unpaired) electrons. The van der Waals surface area contributed by atoms with Crippen molar-refractivity contribution in [1.82, 2.24) is 0 Å². The van der Waals surface area contributed by atoms with Crippen molar-refractivity contribution < 1.29 is 14.6 Å². The molecule has 0 saturated heterocycles. The second-order valence-electron chi connectivity index (χ2n) is 4.17. The molecule has 0 aliphatic heterocycles. The number of methoxy groups -OCH3 is 1. The van der Waals surface area contributed by atoms with Crippen LogP contribution < -0.4 is 10.1 Å². The van der Waals surface area contributed by atoms with Crippen molar-refractivity contribution in [3.8, 4) is 11.5 Å². The average molecular weight is 292 g/mol. The molecule has 0 bridgehead atoms. The first-order valence-corrected chi connectivity index (χ1v) is 6.50. The normalized spacial score (nSPS) is 10.1. The number of alkyl halides is 1. The first-order chi connectivity index (χ1) is 9.63. The number of phenolic OH excluding ortho intramolecular Hbond substituents is 1. The Morgan fingerprint density at radius 1 is 1.25 bits per heavy atom. The molecule has 0 unspecified atom stereocenters. The van der Waals surface area contributed by atoms with Gasteiger partial charge in [0, 0.05) is 11.6 Å². The van der Waals surface area contributed by atoms with E-state index in [4.69, 9.17) is 16.3 Å². The van der Waals surface area contributed by atoms with Gasteiger partial charge >= 0.3 is 0 Å². The number of hydrogen-bond acceptors (Lipinski definition) is 3. The highest BCUT2D eigenvalue weighted by Gasteiger charge is 2.12. The SMILES string of the molecule is COc1ccc(O)c(C(=O)Nc2ccc(CCl)cc2)c1. The van der Waals surface area contributed by atoms with E-state index in [9.17, 15) is 9.90 Å². The third kappa shape index (κ3) is 3.22. The second-order valence-corrected chi connectivity index (χ2v) is 4.44. The molecule has 2 rings (SSSR count). The van der Waals surface area contributed by atoms with Gasteiger partial charge in [-0.25, -0.2) is 0 Å². The van der Waals surface area contributed by atoms with Gasteiger partial charge in [-0.3, -0.25) is 4.79 Å². The first kappa shape index (κ1) is 14.2. The van der Waals surface area contributed by atoms with Crippen molar-refractivity contribution in [2.45, 2.75) is 5.88 Å². The lowest BCUT2D eigenvalue weighted by Crippen LogP contribution is -2.12. The summed E-state index contributed by atoms with van der Waals surface area (Å²) in [5.74, 6) is 0.427. The van der Waals surface area contributed by atoms with Crippen LogP contribution in [0, 0.1) is 0 Å². The smallest absolute Gasteiger partial charge is 0.259 e. The molecule has 0 fully saturated rings. The minimum atomic E-state index is -0.403. The maximum atomic E-state index is 12.1. The number of benzene rings is 2. The fourth-order valence-electron chi connectivity index (χ4n) is 1.70. The molecule has 2 aromatic carbocycles. The van der Waals surface area contributed by atoms with Gasteiger partial charge in [0.1, 0.15) is 11.5 Å². The molecule has 0 aliphatic carbocycles. The minimum absolute atomic E-state index is 0.0966. The summed E-state index contributed by atoms with van der Waals surface area (Å²) in [6.07, 6.45) is 0. The topological polar surface area (TPSA) is 58.6 Å². The Morgan fingerprint density at radius 3 is 2.55 bits per heavy atom. The third-order valence-corrected chi connectivity index (χ3v) is 3.12. The van der Waals surface area contributed by atoms with Crippen LogP contribution in [0.15, 0.2) is 42.5 Å². The Balaban J connectivity index is 2.18. The largest absolute Gasteiger partial charge is 0.507 e. The van der Waals surface area contributed by atoms with E-state index in [1.54, 1.807) is 18.2 Å². The van der Waals surface area contributed by atoms with E-state index >= 15 is 0 Å². The van der Waals surface area contributed by atoms with Crippen LogP contribution in [0.1, 0.15) is 15.9 Å². The molecule has 0 atom stereocenters. The summed E-state index contributed by atoms with van der Waals surface area (Å²) in [7, 11) is 1.50. The third-order valence-electron chi connectivity index (χ3n) is 2.81. The van der Waals surface area contributed by atoms with Crippen molar-refractivity contribution in [3.05, 3.63) is 53.6 Å². The average Bonchev–Trinajstić information content (AvgIpc) is 2.48. The van der Waals surface area contributed by atoms with E-state index in [0.29, 0.717) is 17.3 Å². The van der Waals surface area contributed by atoms with Gasteiger partial charge in [0.25, 0.3) is 5.91 Å². The predicted molar refractivity (Wildman–Crippen MR) is 78.6 cm³/mol. The highest BCUT2D eigenvalue weighted by atomic mass is 35.5. The molecule has 4 nitrogen and oxygen atoms in total. The highest BCUT2D eigenvalue weighted by Crippen LogP contribution is 2.24. The summed E-state index contributed by atoms with van der Waals surface area (Å²) >= 11 is 5.70. The van der Waals surface area contributed by atoms with Crippen LogP contribution in [0.5, 0.6) is 11.5 Å². The van der Waals surface area contributed by atoms with Gasteiger partial charge in [-0.1, -0.05) is 12.1 Å². The van der Waals surface area contributed by atoms with E-state index in [1.165, 1.54) is 19.2 Å². The fraction of sp³-hybridized carbons (Fsp3) is 0.133. The molecule has 2 aromatic rings. The standard InChI is InChI=1S/C15H14ClNO3/c1-20-12-6-7-14(18)13(8-12)15(19)17-11-4-2-10(9-16)3-5-11/h2-8,18H,9H2,1H3,(H,17,19). The van der Waals surface area contributed by atoms with Crippen molar-refractivity contribution in [2.75, 3.05) is 12.4 Å². The molecule has 2 N–H and O–H groups in total. The minimum Gasteiger partial charge on any atom is -0.507 e. The van der Waals surface area contributed by atoms with Crippen molar-refractivity contribution in [3.63, 3.8) is 0 Å². The van der Waals surface area contributed by atoms with Gasteiger partial charge in [0.05, 0.1) is 12.7 Å². The molecule has 0 aliphatic rings. The molecule has 0 aromatic heterocycles. The van der Waals surface area contributed by atoms with Crippen molar-refractivity contribution in [1.29, 1.82) is 0 Å². The zero-order valence-electron chi connectivity index (χ0n) is 10.9. The summed E-state index contributed by atoms with van der Waals surface area (Å²) in [6.45, 7) is 0. The number of anilines is 1. The Kier molecular flexibility index (Phi) is 4.48. The molecule has 0 saturated carbocycles. The number of phenols is 1. The van der Waals surface area contributed by atoms with E-state index in [0.717, 1.165) is 5.56 Å². The predicted octanol–water partition coefficient (Wildman–Crippen LogP) is 3.39. The lowest BCUT2D eigenvalue weighted by molar-refractivity contribution is 0.102. The summed E-state index contributed by atoms with van der Waals surface area (Å²) < 4.78 is 5.03. The molecule has 0 heterocycles. The molecular weight excluding hydrogens is 278 g/mol. The Hall–Kier alpha value is -2.20. The quantitative estimate of drug-likeness (QED) is 0.849. The summed E-state index contributed by atoms with van der Waals surface area (Å²) in [5, 5.41) is 12.4. The van der Waals surface area contributed by atoms with Gasteiger partial charge in [0.2, 0.25) is 0 Å². The number of hydrogen-bond donors (Lipinski definition) is 2. The van der Waals surface area contributed by atoms with Crippen LogP contribution in [0.4, 0.5) is 5.69 Å². The molecule has 104 valence electrons. The number of nitrogens with one attached hydrogen (secondary N) is 1. The van der Waals surface area contributed by atoms with Crippen LogP contribution in [0.3, 0.4) is 0 Å². The van der Waals surface area contributed by atoms with Crippen LogP contribution in [-0.2, 0) is 5.88 Å². The number of carbonyl (C=O) groups is 1. The number of halogens is 1. The maximum absolute atomic E-state index is 12.1. The Bertz CT molecular complexity index is 611. The number of rotatable bonds is 4. The van der Waals surface area contributed by atoms with Gasteiger partial charge in [0.15, 0.2) is 0 Å². The number of ether oxygens (including phenoxy) is 1. The zero-order chi connectivity index (χ0) is 14.5. The number of aromatic hydroxyl groups is 1. The van der Waals surface area contributed by atoms with Gasteiger partial charge < -0.3 is 15.2 Å². The Morgan fingerprint density at radius 2 is 1.95 bits per heavy atom. The van der Waals surface area contributed by atoms with E-state index < -0.39 is 5.91 Å². The molecule has 20 heavy (non-hydrogen) atoms.